The fourth-order valence-corrected chi connectivity index (χ4v) is 2.55. The Labute approximate surface area is 136 Å². The number of alkyl halides is 3. The lowest BCUT2D eigenvalue weighted by Gasteiger charge is -2.16. The number of hydrogen-bond donors (Lipinski definition) is 1. The van der Waals surface area contributed by atoms with Crippen molar-refractivity contribution in [3.63, 3.8) is 0 Å². The lowest BCUT2D eigenvalue weighted by molar-refractivity contribution is -0.143. The monoisotopic (exact) mass is 363 g/mol. The van der Waals surface area contributed by atoms with Crippen LogP contribution < -0.4 is 11.2 Å². The van der Waals surface area contributed by atoms with E-state index < -0.39 is 28.7 Å². The Morgan fingerprint density at radius 2 is 1.83 bits per heavy atom. The van der Waals surface area contributed by atoms with Gasteiger partial charge in [0.05, 0.1) is 21.2 Å². The summed E-state index contributed by atoms with van der Waals surface area (Å²) in [6.45, 7) is 0. The summed E-state index contributed by atoms with van der Waals surface area (Å²) in [7, 11) is 0.861. The average Bonchev–Trinajstić information content (AvgIpc) is 2.42. The maximum absolute atomic E-state index is 13.3. The summed E-state index contributed by atoms with van der Waals surface area (Å²) in [5.74, 6) is 0. The van der Waals surface area contributed by atoms with E-state index in [1.165, 1.54) is 0 Å². The Morgan fingerprint density at radius 3 is 2.35 bits per heavy atom. The minimum atomic E-state index is -4.99. The van der Waals surface area contributed by atoms with Crippen molar-refractivity contribution in [1.82, 2.24) is 9.55 Å². The number of rotatable bonds is 1. The molecule has 0 saturated carbocycles. The molecule has 0 saturated heterocycles. The van der Waals surface area contributed by atoms with Crippen LogP contribution in [0.15, 0.2) is 21.7 Å². The Bertz CT molecular complexity index is 955. The van der Waals surface area contributed by atoms with Crippen LogP contribution in [-0.2, 0) is 13.2 Å². The molecule has 5 nitrogen and oxygen atoms in total. The van der Waals surface area contributed by atoms with E-state index in [0.29, 0.717) is 0 Å². The zero-order valence-electron chi connectivity index (χ0n) is 11.3. The molecular formula is C13H6Cl2F3N3O2. The van der Waals surface area contributed by atoms with Crippen LogP contribution in [0.2, 0.25) is 10.0 Å². The number of hydrogen-bond acceptors (Lipinski definition) is 3. The van der Waals surface area contributed by atoms with Gasteiger partial charge in [0.25, 0.3) is 5.56 Å². The van der Waals surface area contributed by atoms with E-state index in [9.17, 15) is 22.8 Å². The molecule has 0 aliphatic heterocycles. The predicted octanol–water partition coefficient (Wildman–Crippen LogP) is 2.94. The van der Waals surface area contributed by atoms with E-state index in [1.54, 1.807) is 11.1 Å². The van der Waals surface area contributed by atoms with E-state index in [1.807, 2.05) is 0 Å². The van der Waals surface area contributed by atoms with Crippen molar-refractivity contribution in [2.45, 2.75) is 6.18 Å². The summed E-state index contributed by atoms with van der Waals surface area (Å²) in [6.07, 6.45) is -4.99. The van der Waals surface area contributed by atoms with Crippen LogP contribution >= 0.6 is 23.2 Å². The van der Waals surface area contributed by atoms with Crippen LogP contribution in [0.1, 0.15) is 11.3 Å². The molecular weight excluding hydrogens is 358 g/mol. The van der Waals surface area contributed by atoms with Gasteiger partial charge in [-0.3, -0.25) is 14.3 Å². The van der Waals surface area contributed by atoms with Crippen LogP contribution in [0.25, 0.3) is 11.1 Å². The van der Waals surface area contributed by atoms with Crippen molar-refractivity contribution < 1.29 is 13.2 Å². The number of aromatic nitrogens is 2. The van der Waals surface area contributed by atoms with Crippen LogP contribution in [0.5, 0.6) is 0 Å². The lowest BCUT2D eigenvalue weighted by Crippen LogP contribution is -2.35. The second-order valence-electron chi connectivity index (χ2n) is 4.46. The van der Waals surface area contributed by atoms with Crippen molar-refractivity contribution >= 4 is 23.2 Å². The summed E-state index contributed by atoms with van der Waals surface area (Å²) in [5, 5.41) is 8.60. The van der Waals surface area contributed by atoms with Crippen molar-refractivity contribution in [3.8, 4) is 17.2 Å². The van der Waals surface area contributed by atoms with Gasteiger partial charge in [0, 0.05) is 12.6 Å². The van der Waals surface area contributed by atoms with Crippen molar-refractivity contribution in [2.75, 3.05) is 0 Å². The molecule has 23 heavy (non-hydrogen) atoms. The van der Waals surface area contributed by atoms with E-state index in [2.05, 4.69) is 0 Å². The molecule has 1 heterocycles. The molecule has 0 bridgehead atoms. The van der Waals surface area contributed by atoms with Crippen LogP contribution in [-0.4, -0.2) is 9.55 Å². The number of benzene rings is 1. The predicted molar refractivity (Wildman–Crippen MR) is 77.5 cm³/mol. The van der Waals surface area contributed by atoms with Gasteiger partial charge in [-0.15, -0.1) is 0 Å². The van der Waals surface area contributed by atoms with E-state index in [-0.39, 0.29) is 25.7 Å². The van der Waals surface area contributed by atoms with Crippen molar-refractivity contribution in [2.24, 2.45) is 7.05 Å². The van der Waals surface area contributed by atoms with Crippen molar-refractivity contribution in [1.29, 1.82) is 5.26 Å². The first-order valence-electron chi connectivity index (χ1n) is 5.88. The molecule has 2 aromatic rings. The Hall–Kier alpha value is -2.24. The molecule has 0 spiro atoms. The quantitative estimate of drug-likeness (QED) is 0.845. The maximum atomic E-state index is 13.3. The Morgan fingerprint density at radius 1 is 1.22 bits per heavy atom. The van der Waals surface area contributed by atoms with Gasteiger partial charge in [-0.1, -0.05) is 23.2 Å². The third kappa shape index (κ3) is 2.98. The molecule has 0 unspecified atom stereocenters. The summed E-state index contributed by atoms with van der Waals surface area (Å²) < 4.78 is 40.2. The number of aromatic amines is 1. The Balaban J connectivity index is 3.02. The van der Waals surface area contributed by atoms with Gasteiger partial charge in [0.2, 0.25) is 0 Å². The Kier molecular flexibility index (Phi) is 4.28. The van der Waals surface area contributed by atoms with Gasteiger partial charge >= 0.3 is 11.9 Å². The molecule has 0 aliphatic rings. The molecule has 0 aliphatic carbocycles. The summed E-state index contributed by atoms with van der Waals surface area (Å²) >= 11 is 11.6. The molecule has 10 heteroatoms. The highest BCUT2D eigenvalue weighted by Gasteiger charge is 2.39. The fraction of sp³-hybridized carbons (Fsp3) is 0.154. The highest BCUT2D eigenvalue weighted by molar-refractivity contribution is 6.37. The van der Waals surface area contributed by atoms with Gasteiger partial charge in [0.1, 0.15) is 11.8 Å². The fourth-order valence-electron chi connectivity index (χ4n) is 2.03. The molecule has 0 radical (unpaired) electrons. The second kappa shape index (κ2) is 5.76. The molecule has 0 fully saturated rings. The standard InChI is InChI=1S/C13H6Cl2F3N3O2/c1-21-10(13(16,17)18)9(11(22)20-12(21)23)6-2-5(4-19)7(14)3-8(6)15/h2-3H,1H3,(H,20,22,23). The van der Waals surface area contributed by atoms with Crippen LogP contribution in [0.4, 0.5) is 13.2 Å². The first kappa shape index (κ1) is 17.1. The lowest BCUT2D eigenvalue weighted by atomic mass is 10.0. The molecule has 2 rings (SSSR count). The average molecular weight is 364 g/mol. The molecule has 1 aromatic carbocycles. The highest BCUT2D eigenvalue weighted by Crippen LogP contribution is 2.38. The van der Waals surface area contributed by atoms with Gasteiger partial charge in [0.15, 0.2) is 0 Å². The molecule has 1 N–H and O–H groups in total. The van der Waals surface area contributed by atoms with Gasteiger partial charge in [-0.25, -0.2) is 4.79 Å². The number of nitrogens with one attached hydrogen (secondary N) is 1. The minimum absolute atomic E-state index is 0.0731. The normalized spacial score (nSPS) is 11.3. The van der Waals surface area contributed by atoms with Crippen molar-refractivity contribution in [3.05, 3.63) is 54.3 Å². The van der Waals surface area contributed by atoms with E-state index in [4.69, 9.17) is 28.5 Å². The third-order valence-electron chi connectivity index (χ3n) is 3.04. The maximum Gasteiger partial charge on any atom is 0.432 e. The molecule has 1 aromatic heterocycles. The first-order valence-corrected chi connectivity index (χ1v) is 6.63. The van der Waals surface area contributed by atoms with Gasteiger partial charge in [-0.05, 0) is 12.1 Å². The summed E-state index contributed by atoms with van der Waals surface area (Å²) in [4.78, 5) is 25.2. The number of H-pyrrole nitrogens is 1. The molecule has 120 valence electrons. The molecule has 0 amide bonds. The molecule has 0 atom stereocenters. The number of halogens is 5. The summed E-state index contributed by atoms with van der Waals surface area (Å²) in [6, 6.07) is 3.71. The highest BCUT2D eigenvalue weighted by atomic mass is 35.5. The number of nitriles is 1. The smallest absolute Gasteiger partial charge is 0.292 e. The van der Waals surface area contributed by atoms with E-state index >= 15 is 0 Å². The number of nitrogens with zero attached hydrogens (tertiary/aromatic N) is 2. The SMILES string of the molecule is Cn1c(C(F)(F)F)c(-c2cc(C#N)c(Cl)cc2Cl)c(=O)[nH]c1=O. The zero-order chi connectivity index (χ0) is 17.5. The van der Waals surface area contributed by atoms with Crippen LogP contribution in [0, 0.1) is 11.3 Å². The minimum Gasteiger partial charge on any atom is -0.292 e. The third-order valence-corrected chi connectivity index (χ3v) is 3.66. The second-order valence-corrected chi connectivity index (χ2v) is 5.28. The van der Waals surface area contributed by atoms with E-state index in [0.717, 1.165) is 19.2 Å². The summed E-state index contributed by atoms with van der Waals surface area (Å²) in [5.41, 5.74) is -5.34. The van der Waals surface area contributed by atoms with Crippen LogP contribution in [0.3, 0.4) is 0 Å². The zero-order valence-corrected chi connectivity index (χ0v) is 12.8. The first-order chi connectivity index (χ1) is 10.6. The largest absolute Gasteiger partial charge is 0.432 e. The topological polar surface area (TPSA) is 78.7 Å². The van der Waals surface area contributed by atoms with Gasteiger partial charge < -0.3 is 0 Å². The van der Waals surface area contributed by atoms with Gasteiger partial charge in [-0.2, -0.15) is 18.4 Å².